The SMILES string of the molecule is O=C1NC(c2cc(F)ccc2Cl)c2ccc3c(NC4CCC4)noc3c21. The molecule has 2 heterocycles. The first-order chi connectivity index (χ1) is 12.6. The van der Waals surface area contributed by atoms with Gasteiger partial charge in [0.1, 0.15) is 5.82 Å². The molecule has 2 N–H and O–H groups in total. The number of amides is 1. The molecule has 1 saturated carbocycles. The summed E-state index contributed by atoms with van der Waals surface area (Å²) in [6.45, 7) is 0. The van der Waals surface area contributed by atoms with Gasteiger partial charge in [0.05, 0.1) is 17.0 Å². The van der Waals surface area contributed by atoms with Gasteiger partial charge in [0.25, 0.3) is 5.91 Å². The van der Waals surface area contributed by atoms with Gasteiger partial charge in [-0.25, -0.2) is 4.39 Å². The minimum atomic E-state index is -0.516. The van der Waals surface area contributed by atoms with Crippen LogP contribution in [0.25, 0.3) is 11.0 Å². The van der Waals surface area contributed by atoms with Gasteiger partial charge in [0, 0.05) is 16.6 Å². The number of fused-ring (bicyclic) bond motifs is 3. The maximum Gasteiger partial charge on any atom is 0.256 e. The number of halogens is 2. The molecule has 1 aliphatic heterocycles. The van der Waals surface area contributed by atoms with Crippen LogP contribution in [-0.4, -0.2) is 17.1 Å². The van der Waals surface area contributed by atoms with E-state index in [-0.39, 0.29) is 5.91 Å². The van der Waals surface area contributed by atoms with Crippen LogP contribution in [0.4, 0.5) is 10.2 Å². The van der Waals surface area contributed by atoms with Crippen molar-refractivity contribution in [3.8, 4) is 0 Å². The fourth-order valence-corrected chi connectivity index (χ4v) is 3.83. The third-order valence-electron chi connectivity index (χ3n) is 5.20. The summed E-state index contributed by atoms with van der Waals surface area (Å²) in [5, 5.41) is 11.5. The van der Waals surface area contributed by atoms with E-state index in [9.17, 15) is 9.18 Å². The molecule has 0 spiro atoms. The van der Waals surface area contributed by atoms with E-state index < -0.39 is 11.9 Å². The Hall–Kier alpha value is -2.60. The van der Waals surface area contributed by atoms with Gasteiger partial charge in [-0.1, -0.05) is 22.8 Å². The van der Waals surface area contributed by atoms with Gasteiger partial charge in [0.2, 0.25) is 0 Å². The molecule has 1 atom stereocenters. The van der Waals surface area contributed by atoms with Crippen molar-refractivity contribution in [1.29, 1.82) is 0 Å². The van der Waals surface area contributed by atoms with E-state index in [0.717, 1.165) is 18.2 Å². The second-order valence-electron chi connectivity index (χ2n) is 6.78. The lowest BCUT2D eigenvalue weighted by atomic mass is 9.93. The molecule has 1 fully saturated rings. The fraction of sp³-hybridized carbons (Fsp3) is 0.263. The average Bonchev–Trinajstić information content (AvgIpc) is 3.14. The molecule has 0 radical (unpaired) electrons. The third-order valence-corrected chi connectivity index (χ3v) is 5.55. The Kier molecular flexibility index (Phi) is 3.43. The molecule has 0 saturated heterocycles. The molecule has 1 aliphatic carbocycles. The highest BCUT2D eigenvalue weighted by Crippen LogP contribution is 2.40. The van der Waals surface area contributed by atoms with Gasteiger partial charge in [-0.15, -0.1) is 0 Å². The number of nitrogens with one attached hydrogen (secondary N) is 2. The highest BCUT2D eigenvalue weighted by molar-refractivity contribution is 6.31. The maximum absolute atomic E-state index is 13.7. The van der Waals surface area contributed by atoms with Crippen molar-refractivity contribution >= 4 is 34.3 Å². The van der Waals surface area contributed by atoms with Gasteiger partial charge < -0.3 is 15.2 Å². The minimum Gasteiger partial charge on any atom is -0.364 e. The number of rotatable bonds is 3. The number of carbonyl (C=O) groups excluding carboxylic acids is 1. The van der Waals surface area contributed by atoms with Crippen LogP contribution in [0.3, 0.4) is 0 Å². The molecule has 1 unspecified atom stereocenters. The number of benzene rings is 2. The van der Waals surface area contributed by atoms with Gasteiger partial charge >= 0.3 is 0 Å². The summed E-state index contributed by atoms with van der Waals surface area (Å²) in [6, 6.07) is 7.75. The van der Waals surface area contributed by atoms with E-state index in [0.29, 0.717) is 39.2 Å². The van der Waals surface area contributed by atoms with Crippen molar-refractivity contribution in [2.45, 2.75) is 31.3 Å². The Balaban J connectivity index is 1.61. The lowest BCUT2D eigenvalue weighted by Crippen LogP contribution is -2.27. The number of nitrogens with zero attached hydrogens (tertiary/aromatic N) is 1. The monoisotopic (exact) mass is 371 g/mol. The van der Waals surface area contributed by atoms with Crippen LogP contribution >= 0.6 is 11.6 Å². The van der Waals surface area contributed by atoms with Crippen LogP contribution in [0.5, 0.6) is 0 Å². The van der Waals surface area contributed by atoms with E-state index in [1.807, 2.05) is 12.1 Å². The second kappa shape index (κ2) is 5.71. The lowest BCUT2D eigenvalue weighted by molar-refractivity contribution is 0.0960. The molecule has 2 aromatic carbocycles. The van der Waals surface area contributed by atoms with E-state index in [1.54, 1.807) is 0 Å². The summed E-state index contributed by atoms with van der Waals surface area (Å²) in [4.78, 5) is 12.6. The molecule has 5 nitrogen and oxygen atoms in total. The van der Waals surface area contributed by atoms with Crippen molar-refractivity contribution in [3.63, 3.8) is 0 Å². The van der Waals surface area contributed by atoms with Crippen LogP contribution in [0.1, 0.15) is 46.8 Å². The average molecular weight is 372 g/mol. The third kappa shape index (κ3) is 2.29. The molecule has 5 rings (SSSR count). The van der Waals surface area contributed by atoms with Crippen molar-refractivity contribution < 1.29 is 13.7 Å². The Labute approximate surface area is 153 Å². The van der Waals surface area contributed by atoms with Crippen molar-refractivity contribution in [3.05, 3.63) is 57.9 Å². The smallest absolute Gasteiger partial charge is 0.256 e. The molecule has 0 bridgehead atoms. The standard InChI is InChI=1S/C19H15ClFN3O2/c20-14-7-4-9(21)8-13(14)16-11-5-6-12-17(15(11)19(25)23-16)26-24-18(12)22-10-2-1-3-10/h4-8,10,16H,1-3H2,(H,22,24)(H,23,25). The van der Waals surface area contributed by atoms with Crippen LogP contribution in [0.15, 0.2) is 34.9 Å². The molecule has 2 aliphatic rings. The fourth-order valence-electron chi connectivity index (χ4n) is 3.61. The number of anilines is 1. The Morgan fingerprint density at radius 2 is 2.08 bits per heavy atom. The largest absolute Gasteiger partial charge is 0.364 e. The van der Waals surface area contributed by atoms with Gasteiger partial charge in [-0.2, -0.15) is 0 Å². The zero-order chi connectivity index (χ0) is 17.8. The summed E-state index contributed by atoms with van der Waals surface area (Å²) in [6.07, 6.45) is 3.43. The lowest BCUT2D eigenvalue weighted by Gasteiger charge is -2.26. The van der Waals surface area contributed by atoms with E-state index >= 15 is 0 Å². The molecule has 3 aromatic rings. The molecule has 1 aromatic heterocycles. The zero-order valence-electron chi connectivity index (χ0n) is 13.7. The minimum absolute atomic E-state index is 0.276. The molecule has 132 valence electrons. The quantitative estimate of drug-likeness (QED) is 0.715. The Morgan fingerprint density at radius 3 is 2.85 bits per heavy atom. The summed E-state index contributed by atoms with van der Waals surface area (Å²) in [5.74, 6) is -0.0189. The van der Waals surface area contributed by atoms with Crippen molar-refractivity contribution in [2.75, 3.05) is 5.32 Å². The number of hydrogen-bond donors (Lipinski definition) is 2. The predicted octanol–water partition coefficient (Wildman–Crippen LogP) is 4.42. The Bertz CT molecular complexity index is 1040. The number of aromatic nitrogens is 1. The first-order valence-corrected chi connectivity index (χ1v) is 8.94. The summed E-state index contributed by atoms with van der Waals surface area (Å²) >= 11 is 6.23. The summed E-state index contributed by atoms with van der Waals surface area (Å²) in [7, 11) is 0. The number of carbonyl (C=O) groups is 1. The van der Waals surface area contributed by atoms with Crippen LogP contribution in [0.2, 0.25) is 5.02 Å². The zero-order valence-corrected chi connectivity index (χ0v) is 14.4. The van der Waals surface area contributed by atoms with Gasteiger partial charge in [0.15, 0.2) is 11.4 Å². The van der Waals surface area contributed by atoms with E-state index in [4.69, 9.17) is 16.1 Å². The molecule has 26 heavy (non-hydrogen) atoms. The topological polar surface area (TPSA) is 67.2 Å². The highest BCUT2D eigenvalue weighted by atomic mass is 35.5. The van der Waals surface area contributed by atoms with E-state index in [2.05, 4.69) is 15.8 Å². The van der Waals surface area contributed by atoms with Crippen LogP contribution in [0, 0.1) is 5.82 Å². The van der Waals surface area contributed by atoms with Gasteiger partial charge in [-0.3, -0.25) is 4.79 Å². The molecular weight excluding hydrogens is 357 g/mol. The summed E-state index contributed by atoms with van der Waals surface area (Å²) in [5.41, 5.74) is 2.10. The van der Waals surface area contributed by atoms with Gasteiger partial charge in [-0.05, 0) is 49.1 Å². The summed E-state index contributed by atoms with van der Waals surface area (Å²) < 4.78 is 19.2. The maximum atomic E-state index is 13.7. The first-order valence-electron chi connectivity index (χ1n) is 8.56. The second-order valence-corrected chi connectivity index (χ2v) is 7.19. The Morgan fingerprint density at radius 1 is 1.23 bits per heavy atom. The van der Waals surface area contributed by atoms with Crippen molar-refractivity contribution in [1.82, 2.24) is 10.5 Å². The van der Waals surface area contributed by atoms with E-state index in [1.165, 1.54) is 24.6 Å². The predicted molar refractivity (Wildman–Crippen MR) is 96.0 cm³/mol. The molecular formula is C19H15ClFN3O2. The van der Waals surface area contributed by atoms with Crippen LogP contribution in [-0.2, 0) is 0 Å². The first kappa shape index (κ1) is 15.6. The highest BCUT2D eigenvalue weighted by Gasteiger charge is 2.35. The molecule has 1 amide bonds. The molecule has 7 heteroatoms. The number of hydrogen-bond acceptors (Lipinski definition) is 4. The normalized spacial score (nSPS) is 19.3. The van der Waals surface area contributed by atoms with Crippen LogP contribution < -0.4 is 10.6 Å². The van der Waals surface area contributed by atoms with Crippen molar-refractivity contribution in [2.24, 2.45) is 0 Å².